The second-order valence-electron chi connectivity index (χ2n) is 5.30. The van der Waals surface area contributed by atoms with Gasteiger partial charge in [-0.2, -0.15) is 8.78 Å². The number of amides is 1. The van der Waals surface area contributed by atoms with E-state index in [0.29, 0.717) is 11.0 Å². The van der Waals surface area contributed by atoms with Gasteiger partial charge in [-0.15, -0.1) is 10.2 Å². The van der Waals surface area contributed by atoms with E-state index in [9.17, 15) is 13.6 Å². The predicted octanol–water partition coefficient (Wildman–Crippen LogP) is 3.60. The Labute approximate surface area is 141 Å². The molecule has 0 bridgehead atoms. The van der Waals surface area contributed by atoms with E-state index < -0.39 is 12.5 Å². The van der Waals surface area contributed by atoms with Gasteiger partial charge in [0, 0.05) is 12.0 Å². The van der Waals surface area contributed by atoms with Gasteiger partial charge in [-0.1, -0.05) is 25.2 Å². The molecule has 0 saturated heterocycles. The summed E-state index contributed by atoms with van der Waals surface area (Å²) in [5.74, 6) is -0.166. The third-order valence-electron chi connectivity index (χ3n) is 2.91. The van der Waals surface area contributed by atoms with Gasteiger partial charge in [-0.05, 0) is 24.1 Å². The lowest BCUT2D eigenvalue weighted by atomic mass is 10.1. The summed E-state index contributed by atoms with van der Waals surface area (Å²) in [7, 11) is 1.32. The minimum Gasteiger partial charge on any atom is -0.493 e. The molecule has 0 radical (unpaired) electrons. The van der Waals surface area contributed by atoms with Crippen LogP contribution in [-0.4, -0.2) is 29.8 Å². The van der Waals surface area contributed by atoms with Crippen LogP contribution in [-0.2, 0) is 6.42 Å². The molecular weight excluding hydrogens is 340 g/mol. The van der Waals surface area contributed by atoms with Crippen molar-refractivity contribution >= 4 is 22.4 Å². The first-order valence-electron chi connectivity index (χ1n) is 7.15. The van der Waals surface area contributed by atoms with Crippen molar-refractivity contribution in [2.75, 3.05) is 12.4 Å². The number of aromatic nitrogens is 2. The van der Waals surface area contributed by atoms with Crippen LogP contribution in [0.15, 0.2) is 18.2 Å². The van der Waals surface area contributed by atoms with Gasteiger partial charge in [0.15, 0.2) is 11.5 Å². The van der Waals surface area contributed by atoms with E-state index >= 15 is 0 Å². The first-order chi connectivity index (χ1) is 11.4. The molecule has 9 heteroatoms. The third-order valence-corrected chi connectivity index (χ3v) is 3.77. The Morgan fingerprint density at radius 1 is 1.29 bits per heavy atom. The van der Waals surface area contributed by atoms with Crippen LogP contribution < -0.4 is 14.8 Å². The van der Waals surface area contributed by atoms with E-state index in [1.54, 1.807) is 0 Å². The fourth-order valence-corrected chi connectivity index (χ4v) is 2.86. The number of halogens is 2. The number of hydrogen-bond donors (Lipinski definition) is 1. The van der Waals surface area contributed by atoms with E-state index in [1.165, 1.54) is 36.6 Å². The lowest BCUT2D eigenvalue weighted by molar-refractivity contribution is -0.0512. The average Bonchev–Trinajstić information content (AvgIpc) is 2.92. The van der Waals surface area contributed by atoms with Crippen molar-refractivity contribution in [3.05, 3.63) is 28.8 Å². The lowest BCUT2D eigenvalue weighted by Gasteiger charge is -2.11. The number of nitrogens with one attached hydrogen (secondary N) is 1. The van der Waals surface area contributed by atoms with Crippen molar-refractivity contribution in [3.63, 3.8) is 0 Å². The molecule has 1 amide bonds. The number of alkyl halides is 2. The van der Waals surface area contributed by atoms with E-state index in [-0.39, 0.29) is 17.1 Å². The second-order valence-corrected chi connectivity index (χ2v) is 6.36. The fourth-order valence-electron chi connectivity index (χ4n) is 1.91. The normalized spacial score (nSPS) is 11.0. The van der Waals surface area contributed by atoms with Crippen LogP contribution in [0.2, 0.25) is 0 Å². The molecule has 2 rings (SSSR count). The standard InChI is InChI=1S/C15H17F2N3O3S/c1-8(2)6-12-19-20-15(24-12)18-13(21)9-4-5-10(22-3)11(7-9)23-14(16)17/h4-5,7-8,14H,6H2,1-3H3,(H,18,20,21). The highest BCUT2D eigenvalue weighted by Crippen LogP contribution is 2.30. The average molecular weight is 357 g/mol. The van der Waals surface area contributed by atoms with E-state index in [0.717, 1.165) is 11.4 Å². The number of ether oxygens (including phenoxy) is 2. The predicted molar refractivity (Wildman–Crippen MR) is 86.0 cm³/mol. The Bertz CT molecular complexity index is 707. The van der Waals surface area contributed by atoms with Crippen LogP contribution in [0, 0.1) is 5.92 Å². The number of carbonyl (C=O) groups is 1. The highest BCUT2D eigenvalue weighted by Gasteiger charge is 2.16. The zero-order chi connectivity index (χ0) is 17.7. The number of carbonyl (C=O) groups excluding carboxylic acids is 1. The Morgan fingerprint density at radius 3 is 2.67 bits per heavy atom. The summed E-state index contributed by atoms with van der Waals surface area (Å²) in [5, 5.41) is 11.7. The molecule has 1 N–H and O–H groups in total. The molecule has 2 aromatic rings. The SMILES string of the molecule is COc1ccc(C(=O)Nc2nnc(CC(C)C)s2)cc1OC(F)F. The Balaban J connectivity index is 2.13. The molecule has 6 nitrogen and oxygen atoms in total. The van der Waals surface area contributed by atoms with Gasteiger partial charge in [0.25, 0.3) is 5.91 Å². The molecule has 24 heavy (non-hydrogen) atoms. The Kier molecular flexibility index (Phi) is 6.02. The zero-order valence-corrected chi connectivity index (χ0v) is 14.2. The van der Waals surface area contributed by atoms with Crippen LogP contribution in [0.1, 0.15) is 29.2 Å². The van der Waals surface area contributed by atoms with Crippen molar-refractivity contribution < 1.29 is 23.0 Å². The van der Waals surface area contributed by atoms with Gasteiger partial charge < -0.3 is 9.47 Å². The molecule has 0 aliphatic heterocycles. The van der Waals surface area contributed by atoms with E-state index in [2.05, 4.69) is 34.1 Å². The quantitative estimate of drug-likeness (QED) is 0.820. The molecular formula is C15H17F2N3O3S. The second kappa shape index (κ2) is 8.00. The van der Waals surface area contributed by atoms with Gasteiger partial charge in [0.1, 0.15) is 5.01 Å². The molecule has 130 valence electrons. The highest BCUT2D eigenvalue weighted by molar-refractivity contribution is 7.15. The number of anilines is 1. The summed E-state index contributed by atoms with van der Waals surface area (Å²) >= 11 is 1.28. The lowest BCUT2D eigenvalue weighted by Crippen LogP contribution is -2.12. The first-order valence-corrected chi connectivity index (χ1v) is 7.97. The minimum absolute atomic E-state index is 0.113. The van der Waals surface area contributed by atoms with Crippen LogP contribution >= 0.6 is 11.3 Å². The molecule has 1 aromatic heterocycles. The van der Waals surface area contributed by atoms with Gasteiger partial charge >= 0.3 is 6.61 Å². The monoisotopic (exact) mass is 357 g/mol. The molecule has 0 spiro atoms. The van der Waals surface area contributed by atoms with Crippen molar-refractivity contribution in [1.82, 2.24) is 10.2 Å². The number of benzene rings is 1. The number of hydrogen-bond acceptors (Lipinski definition) is 6. The highest BCUT2D eigenvalue weighted by atomic mass is 32.1. The molecule has 1 heterocycles. The fraction of sp³-hybridized carbons (Fsp3) is 0.400. The van der Waals surface area contributed by atoms with Gasteiger partial charge in [0.2, 0.25) is 5.13 Å². The summed E-state index contributed by atoms with van der Waals surface area (Å²) in [6.07, 6.45) is 0.766. The van der Waals surface area contributed by atoms with Crippen molar-refractivity contribution in [1.29, 1.82) is 0 Å². The largest absolute Gasteiger partial charge is 0.493 e. The molecule has 0 aliphatic carbocycles. The van der Waals surface area contributed by atoms with Crippen molar-refractivity contribution in [3.8, 4) is 11.5 Å². The maximum Gasteiger partial charge on any atom is 0.387 e. The smallest absolute Gasteiger partial charge is 0.387 e. The van der Waals surface area contributed by atoms with E-state index in [4.69, 9.17) is 4.74 Å². The van der Waals surface area contributed by atoms with Gasteiger partial charge in [-0.3, -0.25) is 10.1 Å². The minimum atomic E-state index is -3.01. The molecule has 0 unspecified atom stereocenters. The van der Waals surface area contributed by atoms with Crippen LogP contribution in [0.25, 0.3) is 0 Å². The molecule has 1 aromatic carbocycles. The molecule has 0 atom stereocenters. The number of methoxy groups -OCH3 is 1. The van der Waals surface area contributed by atoms with Gasteiger partial charge in [-0.25, -0.2) is 0 Å². The summed E-state index contributed by atoms with van der Waals surface area (Å²) in [6, 6.07) is 4.02. The molecule has 0 saturated carbocycles. The summed E-state index contributed by atoms with van der Waals surface area (Å²) in [5.41, 5.74) is 0.145. The maximum atomic E-state index is 12.4. The Morgan fingerprint density at radius 2 is 2.04 bits per heavy atom. The number of rotatable bonds is 7. The van der Waals surface area contributed by atoms with Crippen molar-refractivity contribution in [2.45, 2.75) is 26.9 Å². The summed E-state index contributed by atoms with van der Waals surface area (Å²) < 4.78 is 34.1. The first kappa shape index (κ1) is 18.1. The zero-order valence-electron chi connectivity index (χ0n) is 13.4. The topological polar surface area (TPSA) is 73.3 Å². The maximum absolute atomic E-state index is 12.4. The van der Waals surface area contributed by atoms with Crippen LogP contribution in [0.5, 0.6) is 11.5 Å². The third kappa shape index (κ3) is 4.85. The van der Waals surface area contributed by atoms with E-state index in [1.807, 2.05) is 0 Å². The summed E-state index contributed by atoms with van der Waals surface area (Å²) in [6.45, 7) is 1.10. The Hall–Kier alpha value is -2.29. The van der Waals surface area contributed by atoms with Crippen LogP contribution in [0.3, 0.4) is 0 Å². The van der Waals surface area contributed by atoms with Crippen molar-refractivity contribution in [2.24, 2.45) is 5.92 Å². The molecule has 0 fully saturated rings. The summed E-state index contributed by atoms with van der Waals surface area (Å²) in [4.78, 5) is 12.2. The number of nitrogens with zero attached hydrogens (tertiary/aromatic N) is 2. The van der Waals surface area contributed by atoms with Crippen LogP contribution in [0.4, 0.5) is 13.9 Å². The van der Waals surface area contributed by atoms with Gasteiger partial charge in [0.05, 0.1) is 7.11 Å². The molecule has 0 aliphatic rings.